The molecule has 0 fully saturated rings. The molecule has 0 radical (unpaired) electrons. The summed E-state index contributed by atoms with van der Waals surface area (Å²) in [5, 5.41) is 24.1. The lowest BCUT2D eigenvalue weighted by atomic mass is 10.1. The highest BCUT2D eigenvalue weighted by Gasteiger charge is 2.18. The summed E-state index contributed by atoms with van der Waals surface area (Å²) in [5.74, 6) is -1.06. The van der Waals surface area contributed by atoms with Crippen LogP contribution < -0.4 is 5.32 Å². The van der Waals surface area contributed by atoms with Crippen molar-refractivity contribution in [3.8, 4) is 5.75 Å². The van der Waals surface area contributed by atoms with Crippen LogP contribution in [-0.2, 0) is 10.1 Å². The molecule has 0 saturated carbocycles. The summed E-state index contributed by atoms with van der Waals surface area (Å²) in [6.45, 7) is 1.55. The molecule has 9 nitrogen and oxygen atoms in total. The van der Waals surface area contributed by atoms with E-state index in [0.29, 0.717) is 5.56 Å². The Morgan fingerprint density at radius 1 is 1.11 bits per heavy atom. The van der Waals surface area contributed by atoms with Crippen LogP contribution in [0.3, 0.4) is 0 Å². The maximum Gasteiger partial charge on any atom is 0.294 e. The highest BCUT2D eigenvalue weighted by Crippen LogP contribution is 2.33. The number of anilines is 1. The first-order chi connectivity index (χ1) is 13.1. The maximum absolute atomic E-state index is 12.5. The minimum Gasteiger partial charge on any atom is -0.507 e. The van der Waals surface area contributed by atoms with Crippen molar-refractivity contribution in [3.63, 3.8) is 0 Å². The summed E-state index contributed by atoms with van der Waals surface area (Å²) >= 11 is 0. The Kier molecular flexibility index (Phi) is 4.75. The van der Waals surface area contributed by atoms with Crippen molar-refractivity contribution < 1.29 is 27.8 Å². The van der Waals surface area contributed by atoms with Gasteiger partial charge in [-0.15, -0.1) is 0 Å². The van der Waals surface area contributed by atoms with E-state index in [1.807, 2.05) is 0 Å². The zero-order valence-electron chi connectivity index (χ0n) is 14.4. The van der Waals surface area contributed by atoms with Crippen molar-refractivity contribution in [3.05, 3.63) is 69.8 Å². The van der Waals surface area contributed by atoms with Crippen LogP contribution >= 0.6 is 0 Å². The Hall–Kier alpha value is -3.50. The molecule has 0 aromatic heterocycles. The third-order valence-electron chi connectivity index (χ3n) is 4.16. The summed E-state index contributed by atoms with van der Waals surface area (Å²) in [5.41, 5.74) is 0.377. The molecule has 10 heteroatoms. The number of carbonyl (C=O) groups excluding carboxylic acids is 1. The fourth-order valence-electron chi connectivity index (χ4n) is 2.74. The summed E-state index contributed by atoms with van der Waals surface area (Å²) in [7, 11) is -4.58. The first-order valence-electron chi connectivity index (χ1n) is 7.87. The number of nitrogens with zero attached hydrogens (tertiary/aromatic N) is 1. The Labute approximate surface area is 159 Å². The number of fused-ring (bicyclic) bond motifs is 1. The molecule has 0 bridgehead atoms. The maximum atomic E-state index is 12.5. The van der Waals surface area contributed by atoms with Crippen LogP contribution in [0.4, 0.5) is 11.4 Å². The van der Waals surface area contributed by atoms with Crippen LogP contribution in [0.25, 0.3) is 10.8 Å². The van der Waals surface area contributed by atoms with Gasteiger partial charge >= 0.3 is 0 Å². The second-order valence-corrected chi connectivity index (χ2v) is 7.45. The van der Waals surface area contributed by atoms with Crippen LogP contribution in [0, 0.1) is 17.0 Å². The second kappa shape index (κ2) is 6.91. The predicted octanol–water partition coefficient (Wildman–Crippen LogP) is 3.26. The number of aromatic hydroxyl groups is 1. The standard InChI is InChI=1S/C18H14N2O7S/c1-10-5-6-11(7-16(10)20(23)24)18(22)19-15-4-2-3-13-14(15)8-12(9-17(13)21)28(25,26)27/h2-9,21H,1H3,(H,19,22)(H,25,26,27). The molecule has 3 aromatic rings. The largest absolute Gasteiger partial charge is 0.507 e. The molecule has 0 unspecified atom stereocenters. The summed E-state index contributed by atoms with van der Waals surface area (Å²) in [6, 6.07) is 10.5. The van der Waals surface area contributed by atoms with E-state index in [9.17, 15) is 33.0 Å². The molecule has 0 aliphatic carbocycles. The molecule has 0 heterocycles. The highest BCUT2D eigenvalue weighted by atomic mass is 32.2. The van der Waals surface area contributed by atoms with E-state index in [4.69, 9.17) is 0 Å². The summed E-state index contributed by atoms with van der Waals surface area (Å²) < 4.78 is 32.1. The Morgan fingerprint density at radius 3 is 2.46 bits per heavy atom. The molecule has 3 rings (SSSR count). The zero-order valence-corrected chi connectivity index (χ0v) is 15.2. The van der Waals surface area contributed by atoms with Gasteiger partial charge in [0.25, 0.3) is 21.7 Å². The van der Waals surface area contributed by atoms with Crippen molar-refractivity contribution in [2.45, 2.75) is 11.8 Å². The smallest absolute Gasteiger partial charge is 0.294 e. The molecule has 144 valence electrons. The van der Waals surface area contributed by atoms with Gasteiger partial charge in [0.1, 0.15) is 5.75 Å². The van der Waals surface area contributed by atoms with E-state index >= 15 is 0 Å². The van der Waals surface area contributed by atoms with Crippen molar-refractivity contribution in [2.24, 2.45) is 0 Å². The van der Waals surface area contributed by atoms with Gasteiger partial charge in [0.05, 0.1) is 9.82 Å². The molecule has 0 atom stereocenters. The number of benzene rings is 3. The van der Waals surface area contributed by atoms with Gasteiger partial charge in [0.2, 0.25) is 0 Å². The number of nitro groups is 1. The van der Waals surface area contributed by atoms with E-state index in [2.05, 4.69) is 5.32 Å². The molecule has 3 aromatic carbocycles. The number of nitrogens with one attached hydrogen (secondary N) is 1. The quantitative estimate of drug-likeness (QED) is 0.345. The Morgan fingerprint density at radius 2 is 1.82 bits per heavy atom. The molecular weight excluding hydrogens is 388 g/mol. The molecule has 28 heavy (non-hydrogen) atoms. The molecule has 0 saturated heterocycles. The Bertz CT molecular complexity index is 1240. The molecule has 3 N–H and O–H groups in total. The third-order valence-corrected chi connectivity index (χ3v) is 4.99. The molecule has 0 aliphatic heterocycles. The third kappa shape index (κ3) is 3.63. The minimum absolute atomic E-state index is 0.0319. The fourth-order valence-corrected chi connectivity index (χ4v) is 3.27. The van der Waals surface area contributed by atoms with E-state index in [-0.39, 0.29) is 27.7 Å². The van der Waals surface area contributed by atoms with Crippen molar-refractivity contribution in [1.29, 1.82) is 0 Å². The number of hydrogen-bond donors (Lipinski definition) is 3. The van der Waals surface area contributed by atoms with E-state index in [1.165, 1.54) is 30.3 Å². The van der Waals surface area contributed by atoms with E-state index in [0.717, 1.165) is 18.2 Å². The number of amides is 1. The van der Waals surface area contributed by atoms with Crippen molar-refractivity contribution in [1.82, 2.24) is 0 Å². The van der Waals surface area contributed by atoms with Crippen LogP contribution in [0.5, 0.6) is 5.75 Å². The van der Waals surface area contributed by atoms with Gasteiger partial charge in [-0.1, -0.05) is 18.2 Å². The van der Waals surface area contributed by atoms with Gasteiger partial charge < -0.3 is 10.4 Å². The zero-order chi connectivity index (χ0) is 20.6. The van der Waals surface area contributed by atoms with E-state index < -0.39 is 31.6 Å². The lowest BCUT2D eigenvalue weighted by molar-refractivity contribution is -0.385. The molecule has 0 aliphatic rings. The van der Waals surface area contributed by atoms with Gasteiger partial charge in [-0.25, -0.2) is 0 Å². The van der Waals surface area contributed by atoms with Crippen LogP contribution in [0.15, 0.2) is 53.4 Å². The van der Waals surface area contributed by atoms with Crippen LogP contribution in [0.2, 0.25) is 0 Å². The minimum atomic E-state index is -4.58. The summed E-state index contributed by atoms with van der Waals surface area (Å²) in [4.78, 5) is 22.5. The SMILES string of the molecule is Cc1ccc(C(=O)Nc2cccc3c(O)cc(S(=O)(=O)O)cc23)cc1[N+](=O)[O-]. The first kappa shape index (κ1) is 19.3. The topological polar surface area (TPSA) is 147 Å². The van der Waals surface area contributed by atoms with E-state index in [1.54, 1.807) is 6.92 Å². The lowest BCUT2D eigenvalue weighted by Crippen LogP contribution is -2.13. The second-order valence-electron chi connectivity index (χ2n) is 6.03. The normalized spacial score (nSPS) is 11.4. The lowest BCUT2D eigenvalue weighted by Gasteiger charge is -2.11. The number of phenolic OH excluding ortho intramolecular Hbond substituents is 1. The van der Waals surface area contributed by atoms with Gasteiger partial charge in [-0.05, 0) is 25.1 Å². The van der Waals surface area contributed by atoms with Gasteiger partial charge in [-0.2, -0.15) is 8.42 Å². The molecule has 1 amide bonds. The number of rotatable bonds is 4. The monoisotopic (exact) mass is 402 g/mol. The van der Waals surface area contributed by atoms with Crippen LogP contribution in [0.1, 0.15) is 15.9 Å². The highest BCUT2D eigenvalue weighted by molar-refractivity contribution is 7.85. The average Bonchev–Trinajstić information content (AvgIpc) is 2.61. The number of phenols is 1. The first-order valence-corrected chi connectivity index (χ1v) is 9.31. The van der Waals surface area contributed by atoms with Crippen LogP contribution in [-0.4, -0.2) is 28.9 Å². The van der Waals surface area contributed by atoms with Crippen molar-refractivity contribution >= 4 is 38.2 Å². The predicted molar refractivity (Wildman–Crippen MR) is 101 cm³/mol. The van der Waals surface area contributed by atoms with Crippen molar-refractivity contribution in [2.75, 3.05) is 5.32 Å². The number of carbonyl (C=O) groups is 1. The number of aryl methyl sites for hydroxylation is 1. The number of hydrogen-bond acceptors (Lipinski definition) is 6. The molecular formula is C18H14N2O7S. The van der Waals surface area contributed by atoms with Gasteiger partial charge in [0.15, 0.2) is 0 Å². The molecule has 0 spiro atoms. The van der Waals surface area contributed by atoms with Gasteiger partial charge in [0, 0.05) is 39.7 Å². The number of nitro benzene ring substituents is 1. The average molecular weight is 402 g/mol. The van der Waals surface area contributed by atoms with Gasteiger partial charge in [-0.3, -0.25) is 19.5 Å². The fraction of sp³-hybridized carbons (Fsp3) is 0.0556. The Balaban J connectivity index is 2.07. The summed E-state index contributed by atoms with van der Waals surface area (Å²) in [6.07, 6.45) is 0.